The number of carbonyl (C=O) groups excluding carboxylic acids is 1. The lowest BCUT2D eigenvalue weighted by atomic mass is 9.84. The summed E-state index contributed by atoms with van der Waals surface area (Å²) in [5.41, 5.74) is 0.748. The number of nitrogens with one attached hydrogen (secondary N) is 1. The number of alkyl halides is 3. The molecule has 1 aromatic rings. The van der Waals surface area contributed by atoms with Crippen LogP contribution in [0, 0.1) is 5.92 Å². The molecule has 0 aromatic heterocycles. The van der Waals surface area contributed by atoms with Gasteiger partial charge in [-0.15, -0.1) is 0 Å². The fraction of sp³-hybridized carbons (Fsp3) is 0.682. The number of benzene rings is 1. The van der Waals surface area contributed by atoms with Crippen LogP contribution in [0.1, 0.15) is 69.6 Å². The number of hydrogen-bond acceptors (Lipinski definition) is 3. The Morgan fingerprint density at radius 3 is 2.38 bits per heavy atom. The van der Waals surface area contributed by atoms with Crippen LogP contribution >= 0.6 is 0 Å². The first-order chi connectivity index (χ1) is 13.5. The molecule has 1 aromatic carbocycles. The maximum Gasteiger partial charge on any atom is 0.416 e. The minimum absolute atomic E-state index is 0.165. The molecule has 0 spiro atoms. The summed E-state index contributed by atoms with van der Waals surface area (Å²) in [6.45, 7) is 7.76. The van der Waals surface area contributed by atoms with E-state index in [-0.39, 0.29) is 12.1 Å². The van der Waals surface area contributed by atoms with E-state index in [1.165, 1.54) is 12.1 Å². The van der Waals surface area contributed by atoms with Gasteiger partial charge in [-0.25, -0.2) is 4.79 Å². The smallest absolute Gasteiger partial charge is 0.416 e. The van der Waals surface area contributed by atoms with Crippen molar-refractivity contribution in [3.63, 3.8) is 0 Å². The van der Waals surface area contributed by atoms with Crippen molar-refractivity contribution in [2.45, 2.75) is 83.8 Å². The van der Waals surface area contributed by atoms with Crippen LogP contribution in [0.4, 0.5) is 18.0 Å². The van der Waals surface area contributed by atoms with E-state index in [4.69, 9.17) is 4.74 Å². The van der Waals surface area contributed by atoms with Crippen LogP contribution in [0.5, 0.6) is 0 Å². The Kier molecular flexibility index (Phi) is 6.46. The Labute approximate surface area is 170 Å². The van der Waals surface area contributed by atoms with E-state index in [9.17, 15) is 18.0 Å². The largest absolute Gasteiger partial charge is 0.444 e. The summed E-state index contributed by atoms with van der Waals surface area (Å²) in [6, 6.07) is 4.26. The van der Waals surface area contributed by atoms with Gasteiger partial charge in [0.05, 0.1) is 5.56 Å². The molecule has 1 heterocycles. The van der Waals surface area contributed by atoms with E-state index in [2.05, 4.69) is 10.2 Å². The van der Waals surface area contributed by atoms with Gasteiger partial charge in [0, 0.05) is 19.1 Å². The molecule has 0 atom stereocenters. The van der Waals surface area contributed by atoms with E-state index < -0.39 is 17.3 Å². The topological polar surface area (TPSA) is 41.6 Å². The Morgan fingerprint density at radius 2 is 1.76 bits per heavy atom. The third-order valence-electron chi connectivity index (χ3n) is 5.74. The zero-order valence-electron chi connectivity index (χ0n) is 17.4. The van der Waals surface area contributed by atoms with Crippen molar-refractivity contribution >= 4 is 6.09 Å². The first kappa shape index (κ1) is 21.9. The number of carbonyl (C=O) groups is 1. The lowest BCUT2D eigenvalue weighted by Gasteiger charge is -2.31. The predicted octanol–water partition coefficient (Wildman–Crippen LogP) is 5.49. The highest BCUT2D eigenvalue weighted by Gasteiger charge is 2.32. The van der Waals surface area contributed by atoms with E-state index in [1.54, 1.807) is 6.07 Å². The molecule has 1 aliphatic heterocycles. The highest BCUT2D eigenvalue weighted by molar-refractivity contribution is 5.68. The number of amides is 1. The van der Waals surface area contributed by atoms with Crippen LogP contribution in [0.15, 0.2) is 18.2 Å². The van der Waals surface area contributed by atoms with Crippen molar-refractivity contribution < 1.29 is 22.7 Å². The average molecular weight is 412 g/mol. The Balaban J connectivity index is 1.39. The van der Waals surface area contributed by atoms with Crippen molar-refractivity contribution in [2.75, 3.05) is 6.54 Å². The molecule has 0 bridgehead atoms. The van der Waals surface area contributed by atoms with Crippen LogP contribution in [-0.2, 0) is 24.0 Å². The molecular weight excluding hydrogens is 381 g/mol. The first-order valence-corrected chi connectivity index (χ1v) is 10.4. The molecule has 4 nitrogen and oxygen atoms in total. The number of rotatable bonds is 4. The number of halogens is 3. The summed E-state index contributed by atoms with van der Waals surface area (Å²) >= 11 is 0. The lowest BCUT2D eigenvalue weighted by Crippen LogP contribution is -2.41. The van der Waals surface area contributed by atoms with Gasteiger partial charge >= 0.3 is 12.3 Å². The number of nitrogens with zero attached hydrogens (tertiary/aromatic N) is 1. The molecule has 1 fully saturated rings. The summed E-state index contributed by atoms with van der Waals surface area (Å²) < 4.78 is 44.0. The molecule has 1 N–H and O–H groups in total. The van der Waals surface area contributed by atoms with Gasteiger partial charge in [0.1, 0.15) is 5.60 Å². The van der Waals surface area contributed by atoms with Crippen LogP contribution in [0.25, 0.3) is 0 Å². The maximum atomic E-state index is 12.9. The van der Waals surface area contributed by atoms with E-state index in [1.807, 2.05) is 20.8 Å². The SMILES string of the molecule is CC(C)(C)OC(=O)NC1CCC(CCN2Cc3ccc(C(F)(F)F)cc3C2)CC1. The normalized spacial score (nSPS) is 23.0. The molecular formula is C22H31F3N2O2. The standard InChI is InChI=1S/C22H31F3N2O2/c1-21(2,3)29-20(28)26-19-8-4-15(5-9-19)10-11-27-13-16-6-7-18(22(23,24)25)12-17(16)14-27/h6-7,12,15,19H,4-5,8-11,13-14H2,1-3H3,(H,26,28). The third kappa shape index (κ3) is 6.36. The minimum atomic E-state index is -4.28. The van der Waals surface area contributed by atoms with Crippen molar-refractivity contribution in [3.8, 4) is 0 Å². The molecule has 1 saturated carbocycles. The molecule has 0 radical (unpaired) electrons. The molecule has 3 rings (SSSR count). The summed E-state index contributed by atoms with van der Waals surface area (Å²) in [7, 11) is 0. The Bertz CT molecular complexity index is 720. The minimum Gasteiger partial charge on any atom is -0.444 e. The van der Waals surface area contributed by atoms with Gasteiger partial charge in [0.2, 0.25) is 0 Å². The van der Waals surface area contributed by atoms with Gasteiger partial charge in [0.25, 0.3) is 0 Å². The quantitative estimate of drug-likeness (QED) is 0.711. The zero-order chi connectivity index (χ0) is 21.2. The van der Waals surface area contributed by atoms with Crippen molar-refractivity contribution in [1.82, 2.24) is 10.2 Å². The fourth-order valence-electron chi connectivity index (χ4n) is 4.23. The van der Waals surface area contributed by atoms with Crippen LogP contribution in [-0.4, -0.2) is 29.2 Å². The number of hydrogen-bond donors (Lipinski definition) is 1. The molecule has 1 aliphatic carbocycles. The Morgan fingerprint density at radius 1 is 1.10 bits per heavy atom. The van der Waals surface area contributed by atoms with Gasteiger partial charge in [-0.05, 0) is 88.6 Å². The number of alkyl carbamates (subject to hydrolysis) is 1. The first-order valence-electron chi connectivity index (χ1n) is 10.4. The second-order valence-electron chi connectivity index (χ2n) is 9.34. The predicted molar refractivity (Wildman–Crippen MR) is 105 cm³/mol. The van der Waals surface area contributed by atoms with Gasteiger partial charge in [0.15, 0.2) is 0 Å². The van der Waals surface area contributed by atoms with Gasteiger partial charge in [-0.3, -0.25) is 4.90 Å². The zero-order valence-corrected chi connectivity index (χ0v) is 17.4. The molecule has 7 heteroatoms. The summed E-state index contributed by atoms with van der Waals surface area (Å²) in [6.07, 6.45) is 0.402. The molecule has 0 saturated heterocycles. The third-order valence-corrected chi connectivity index (χ3v) is 5.74. The van der Waals surface area contributed by atoms with Gasteiger partial charge < -0.3 is 10.1 Å². The van der Waals surface area contributed by atoms with Gasteiger partial charge in [-0.2, -0.15) is 13.2 Å². The molecule has 162 valence electrons. The average Bonchev–Trinajstić information content (AvgIpc) is 3.00. The van der Waals surface area contributed by atoms with Crippen LogP contribution in [0.3, 0.4) is 0 Å². The highest BCUT2D eigenvalue weighted by atomic mass is 19.4. The van der Waals surface area contributed by atoms with Gasteiger partial charge in [-0.1, -0.05) is 6.07 Å². The van der Waals surface area contributed by atoms with Crippen LogP contribution in [0.2, 0.25) is 0 Å². The van der Waals surface area contributed by atoms with E-state index >= 15 is 0 Å². The van der Waals surface area contributed by atoms with Crippen LogP contribution < -0.4 is 5.32 Å². The maximum absolute atomic E-state index is 12.9. The number of ether oxygens (including phenoxy) is 1. The molecule has 0 unspecified atom stereocenters. The second kappa shape index (κ2) is 8.54. The van der Waals surface area contributed by atoms with Crippen molar-refractivity contribution in [2.24, 2.45) is 5.92 Å². The summed E-state index contributed by atoms with van der Waals surface area (Å²) in [4.78, 5) is 14.1. The number of fused-ring (bicyclic) bond motifs is 1. The highest BCUT2D eigenvalue weighted by Crippen LogP contribution is 2.34. The summed E-state index contributed by atoms with van der Waals surface area (Å²) in [5.74, 6) is 0.598. The van der Waals surface area contributed by atoms with E-state index in [0.29, 0.717) is 12.5 Å². The van der Waals surface area contributed by atoms with E-state index in [0.717, 1.165) is 56.3 Å². The molecule has 1 amide bonds. The fourth-order valence-corrected chi connectivity index (χ4v) is 4.23. The monoisotopic (exact) mass is 412 g/mol. The Hall–Kier alpha value is -1.76. The molecule has 29 heavy (non-hydrogen) atoms. The molecule has 2 aliphatic rings. The summed E-state index contributed by atoms with van der Waals surface area (Å²) in [5, 5.41) is 2.96. The van der Waals surface area contributed by atoms with Crippen molar-refractivity contribution in [3.05, 3.63) is 34.9 Å². The lowest BCUT2D eigenvalue weighted by molar-refractivity contribution is -0.137. The second-order valence-corrected chi connectivity index (χ2v) is 9.34. The van der Waals surface area contributed by atoms with Crippen molar-refractivity contribution in [1.29, 1.82) is 0 Å².